The minimum Gasteiger partial charge on any atom is -0.496 e. The lowest BCUT2D eigenvalue weighted by molar-refractivity contribution is 0.0912. The summed E-state index contributed by atoms with van der Waals surface area (Å²) in [6.07, 6.45) is 2.80. The third-order valence-corrected chi connectivity index (χ3v) is 6.77. The molecular formula is C22H28FN3O4S. The normalized spacial score (nSPS) is 21.3. The lowest BCUT2D eigenvalue weighted by atomic mass is 9.74. The molecule has 0 spiro atoms. The molecule has 3 rings (SSSR count). The molecule has 0 atom stereocenters. The molecule has 0 saturated heterocycles. The van der Waals surface area contributed by atoms with Crippen molar-refractivity contribution in [1.82, 2.24) is 10.0 Å². The highest BCUT2D eigenvalue weighted by atomic mass is 32.2. The summed E-state index contributed by atoms with van der Waals surface area (Å²) in [6.45, 7) is 2.58. The summed E-state index contributed by atoms with van der Waals surface area (Å²) in [5, 5.41) is 2.98. The average molecular weight is 450 g/mol. The Labute approximate surface area is 182 Å². The van der Waals surface area contributed by atoms with Crippen molar-refractivity contribution < 1.29 is 22.3 Å². The molecule has 168 valence electrons. The third kappa shape index (κ3) is 6.41. The number of methoxy groups -OCH3 is 1. The van der Waals surface area contributed by atoms with E-state index in [0.717, 1.165) is 18.9 Å². The van der Waals surface area contributed by atoms with E-state index in [4.69, 9.17) is 4.74 Å². The van der Waals surface area contributed by atoms with Crippen molar-refractivity contribution >= 4 is 21.8 Å². The Balaban J connectivity index is 1.50. The molecular weight excluding hydrogens is 421 g/mol. The first kappa shape index (κ1) is 23.0. The van der Waals surface area contributed by atoms with Gasteiger partial charge in [0.05, 0.1) is 18.4 Å². The number of nitrogens with one attached hydrogen (secondary N) is 3. The quantitative estimate of drug-likeness (QED) is 0.575. The van der Waals surface area contributed by atoms with Crippen LogP contribution in [0, 0.1) is 11.2 Å². The number of anilines is 1. The van der Waals surface area contributed by atoms with E-state index in [1.807, 2.05) is 6.07 Å². The van der Waals surface area contributed by atoms with E-state index in [0.29, 0.717) is 30.7 Å². The summed E-state index contributed by atoms with van der Waals surface area (Å²) in [5.41, 5.74) is 0.529. The van der Waals surface area contributed by atoms with E-state index in [1.54, 1.807) is 18.2 Å². The van der Waals surface area contributed by atoms with Crippen molar-refractivity contribution in [2.24, 2.45) is 5.41 Å². The largest absolute Gasteiger partial charge is 0.496 e. The molecule has 1 aliphatic rings. The first-order valence-electron chi connectivity index (χ1n) is 10.2. The lowest BCUT2D eigenvalue weighted by Gasteiger charge is -2.37. The zero-order chi connectivity index (χ0) is 22.5. The number of hydrogen-bond acceptors (Lipinski definition) is 4. The molecule has 0 heterocycles. The molecule has 2 aromatic rings. The van der Waals surface area contributed by atoms with Gasteiger partial charge >= 0.3 is 0 Å². The van der Waals surface area contributed by atoms with Gasteiger partial charge in [-0.1, -0.05) is 25.1 Å². The molecule has 9 heteroatoms. The van der Waals surface area contributed by atoms with E-state index in [-0.39, 0.29) is 23.1 Å². The van der Waals surface area contributed by atoms with E-state index < -0.39 is 16.0 Å². The molecule has 31 heavy (non-hydrogen) atoms. The molecule has 0 aliphatic heterocycles. The van der Waals surface area contributed by atoms with Crippen LogP contribution in [-0.2, 0) is 10.2 Å². The number of hydrogen-bond donors (Lipinski definition) is 3. The van der Waals surface area contributed by atoms with E-state index >= 15 is 0 Å². The van der Waals surface area contributed by atoms with Crippen LogP contribution in [0.5, 0.6) is 5.75 Å². The van der Waals surface area contributed by atoms with Crippen LogP contribution in [0.15, 0.2) is 48.5 Å². The molecule has 1 amide bonds. The Bertz CT molecular complexity index is 1020. The number of rotatable bonds is 8. The molecule has 0 bridgehead atoms. The van der Waals surface area contributed by atoms with Gasteiger partial charge < -0.3 is 10.1 Å². The van der Waals surface area contributed by atoms with Crippen molar-refractivity contribution in [3.63, 3.8) is 0 Å². The van der Waals surface area contributed by atoms with Gasteiger partial charge in [-0.05, 0) is 61.4 Å². The van der Waals surface area contributed by atoms with Gasteiger partial charge in [0.15, 0.2) is 0 Å². The molecule has 3 N–H and O–H groups in total. The first-order valence-corrected chi connectivity index (χ1v) is 11.6. The van der Waals surface area contributed by atoms with Gasteiger partial charge in [0, 0.05) is 12.6 Å². The molecule has 0 aromatic heterocycles. The van der Waals surface area contributed by atoms with Crippen molar-refractivity contribution in [3.8, 4) is 5.75 Å². The maximum absolute atomic E-state index is 13.3. The Hall–Kier alpha value is -2.65. The Morgan fingerprint density at radius 1 is 1.16 bits per heavy atom. The highest BCUT2D eigenvalue weighted by Gasteiger charge is 2.33. The number of halogens is 1. The summed E-state index contributed by atoms with van der Waals surface area (Å²) in [4.78, 5) is 12.5. The van der Waals surface area contributed by atoms with E-state index in [1.165, 1.54) is 25.3 Å². The summed E-state index contributed by atoms with van der Waals surface area (Å²) in [7, 11) is -2.28. The van der Waals surface area contributed by atoms with Crippen LogP contribution in [0.25, 0.3) is 0 Å². The second kappa shape index (κ2) is 9.65. The predicted molar refractivity (Wildman–Crippen MR) is 118 cm³/mol. The topological polar surface area (TPSA) is 96.5 Å². The second-order valence-electron chi connectivity index (χ2n) is 8.20. The van der Waals surface area contributed by atoms with E-state index in [9.17, 15) is 17.6 Å². The number of benzene rings is 2. The van der Waals surface area contributed by atoms with E-state index in [2.05, 4.69) is 21.7 Å². The summed E-state index contributed by atoms with van der Waals surface area (Å²) >= 11 is 0. The summed E-state index contributed by atoms with van der Waals surface area (Å²) < 4.78 is 48.2. The van der Waals surface area contributed by atoms with Crippen LogP contribution < -0.4 is 19.5 Å². The van der Waals surface area contributed by atoms with Gasteiger partial charge in [0.2, 0.25) is 0 Å². The number of amides is 1. The third-order valence-electron chi connectivity index (χ3n) is 5.62. The Kier molecular flexibility index (Phi) is 7.17. The van der Waals surface area contributed by atoms with Gasteiger partial charge in [-0.2, -0.15) is 13.1 Å². The van der Waals surface area contributed by atoms with Gasteiger partial charge in [-0.25, -0.2) is 4.39 Å². The van der Waals surface area contributed by atoms with Gasteiger partial charge in [-0.15, -0.1) is 0 Å². The Morgan fingerprint density at radius 3 is 2.55 bits per heavy atom. The number of carbonyl (C=O) groups is 1. The maximum atomic E-state index is 13.3. The van der Waals surface area contributed by atoms with Crippen LogP contribution in [-0.4, -0.2) is 34.0 Å². The van der Waals surface area contributed by atoms with Crippen LogP contribution in [0.2, 0.25) is 0 Å². The van der Waals surface area contributed by atoms with Crippen molar-refractivity contribution in [3.05, 3.63) is 59.9 Å². The highest BCUT2D eigenvalue weighted by molar-refractivity contribution is 7.90. The van der Waals surface area contributed by atoms with Crippen molar-refractivity contribution in [2.45, 2.75) is 38.6 Å². The molecule has 1 fully saturated rings. The Morgan fingerprint density at radius 2 is 1.87 bits per heavy atom. The fourth-order valence-electron chi connectivity index (χ4n) is 3.79. The summed E-state index contributed by atoms with van der Waals surface area (Å²) in [6, 6.07) is 12.1. The summed E-state index contributed by atoms with van der Waals surface area (Å²) in [5.74, 6) is -0.182. The molecule has 0 unspecified atom stereocenters. The first-order chi connectivity index (χ1) is 14.7. The standard InChI is InChI=1S/C22H28FN3O4S/c1-22(15-24-21(27)19-8-3-4-9-20(19)30-2)12-10-17(11-13-22)25-31(28,29)26-18-7-5-6-16(23)14-18/h3-9,14,17,25-26H,10-13,15H2,1-2H3,(H,24,27)/t17-,22+. The molecule has 1 aliphatic carbocycles. The molecule has 1 saturated carbocycles. The minimum absolute atomic E-state index is 0.129. The smallest absolute Gasteiger partial charge is 0.299 e. The van der Waals surface area contributed by atoms with Crippen molar-refractivity contribution in [2.75, 3.05) is 18.4 Å². The fraction of sp³-hybridized carbons (Fsp3) is 0.409. The highest BCUT2D eigenvalue weighted by Crippen LogP contribution is 2.35. The molecule has 2 aromatic carbocycles. The van der Waals surface area contributed by atoms with Crippen LogP contribution in [0.4, 0.5) is 10.1 Å². The van der Waals surface area contributed by atoms with Gasteiger partial charge in [0.25, 0.3) is 16.1 Å². The zero-order valence-corrected chi connectivity index (χ0v) is 18.5. The zero-order valence-electron chi connectivity index (χ0n) is 17.7. The molecule has 7 nitrogen and oxygen atoms in total. The lowest BCUT2D eigenvalue weighted by Crippen LogP contribution is -2.45. The fourth-order valence-corrected chi connectivity index (χ4v) is 4.96. The van der Waals surface area contributed by atoms with Crippen molar-refractivity contribution in [1.29, 1.82) is 0 Å². The number of carbonyl (C=O) groups excluding carboxylic acids is 1. The minimum atomic E-state index is -3.81. The number of ether oxygens (including phenoxy) is 1. The monoisotopic (exact) mass is 449 g/mol. The second-order valence-corrected chi connectivity index (χ2v) is 9.65. The van der Waals surface area contributed by atoms with Gasteiger partial charge in [-0.3, -0.25) is 9.52 Å². The average Bonchev–Trinajstić information content (AvgIpc) is 2.73. The van der Waals surface area contributed by atoms with Gasteiger partial charge in [0.1, 0.15) is 11.6 Å². The van der Waals surface area contributed by atoms with Crippen LogP contribution in [0.1, 0.15) is 43.0 Å². The SMILES string of the molecule is COc1ccccc1C(=O)NC[C@]1(C)CC[C@H](NS(=O)(=O)Nc2cccc(F)c2)CC1. The molecule has 0 radical (unpaired) electrons. The van der Waals surface area contributed by atoms with Crippen LogP contribution >= 0.6 is 0 Å². The maximum Gasteiger partial charge on any atom is 0.299 e. The number of para-hydroxylation sites is 1. The predicted octanol–water partition coefficient (Wildman–Crippen LogP) is 3.46. The van der Waals surface area contributed by atoms with Crippen LogP contribution in [0.3, 0.4) is 0 Å².